The third kappa shape index (κ3) is 3.36. The van der Waals surface area contributed by atoms with Gasteiger partial charge in [0.25, 0.3) is 0 Å². The number of benzene rings is 1. The van der Waals surface area contributed by atoms with Crippen molar-refractivity contribution in [1.82, 2.24) is 0 Å². The smallest absolute Gasteiger partial charge is 0.104 e. The molecule has 1 aromatic carbocycles. The summed E-state index contributed by atoms with van der Waals surface area (Å²) in [5.74, 6) is 5.58. The molecule has 0 atom stereocenters. The summed E-state index contributed by atoms with van der Waals surface area (Å²) < 4.78 is 0. The Morgan fingerprint density at radius 2 is 2.06 bits per heavy atom. The molecule has 0 saturated carbocycles. The molecule has 0 radical (unpaired) electrons. The maximum atomic E-state index is 8.65. The number of rotatable bonds is 3. The second-order valence-electron chi connectivity index (χ2n) is 3.95. The number of thiophene rings is 1. The molecule has 0 bridgehead atoms. The molecule has 1 N–H and O–H groups in total. The Labute approximate surface area is 112 Å². The van der Waals surface area contributed by atoms with Crippen molar-refractivity contribution >= 4 is 17.0 Å². The van der Waals surface area contributed by atoms with E-state index in [1.165, 1.54) is 10.6 Å². The van der Waals surface area contributed by atoms with Crippen molar-refractivity contribution in [2.24, 2.45) is 0 Å². The van der Waals surface area contributed by atoms with Crippen LogP contribution < -0.4 is 4.90 Å². The molecule has 2 nitrogen and oxygen atoms in total. The molecular weight excluding hydrogens is 242 g/mol. The van der Waals surface area contributed by atoms with E-state index in [1.807, 2.05) is 23.6 Å². The van der Waals surface area contributed by atoms with E-state index >= 15 is 0 Å². The zero-order valence-corrected chi connectivity index (χ0v) is 11.1. The molecule has 0 fully saturated rings. The van der Waals surface area contributed by atoms with Crippen LogP contribution in [-0.4, -0.2) is 18.8 Å². The van der Waals surface area contributed by atoms with Crippen LogP contribution in [0.15, 0.2) is 41.8 Å². The molecule has 2 rings (SSSR count). The van der Waals surface area contributed by atoms with Gasteiger partial charge in [0.1, 0.15) is 6.61 Å². The van der Waals surface area contributed by atoms with Crippen LogP contribution in [0, 0.1) is 11.8 Å². The largest absolute Gasteiger partial charge is 0.384 e. The molecule has 18 heavy (non-hydrogen) atoms. The van der Waals surface area contributed by atoms with Gasteiger partial charge in [0.2, 0.25) is 0 Å². The third-order valence-corrected chi connectivity index (χ3v) is 3.48. The van der Waals surface area contributed by atoms with Crippen molar-refractivity contribution in [2.75, 3.05) is 18.6 Å². The Morgan fingerprint density at radius 3 is 2.78 bits per heavy atom. The average molecular weight is 257 g/mol. The van der Waals surface area contributed by atoms with Crippen molar-refractivity contribution < 1.29 is 5.11 Å². The van der Waals surface area contributed by atoms with E-state index in [9.17, 15) is 0 Å². The molecule has 0 aliphatic rings. The fraction of sp³-hybridized carbons (Fsp3) is 0.200. The van der Waals surface area contributed by atoms with Gasteiger partial charge in [-0.1, -0.05) is 30.0 Å². The first-order chi connectivity index (χ1) is 8.79. The highest BCUT2D eigenvalue weighted by Crippen LogP contribution is 2.19. The molecule has 1 aromatic heterocycles. The summed E-state index contributed by atoms with van der Waals surface area (Å²) in [6, 6.07) is 12.4. The third-order valence-electron chi connectivity index (χ3n) is 2.56. The number of aliphatic hydroxyl groups is 1. The molecular formula is C15H15NOS. The van der Waals surface area contributed by atoms with Crippen molar-refractivity contribution in [3.8, 4) is 11.8 Å². The van der Waals surface area contributed by atoms with Gasteiger partial charge in [0.05, 0.1) is 6.54 Å². The van der Waals surface area contributed by atoms with Crippen LogP contribution in [0.25, 0.3) is 0 Å². The second kappa shape index (κ2) is 6.25. The van der Waals surface area contributed by atoms with Crippen LogP contribution in [0.3, 0.4) is 0 Å². The van der Waals surface area contributed by atoms with E-state index < -0.39 is 0 Å². The fourth-order valence-electron chi connectivity index (χ4n) is 1.68. The molecule has 0 unspecified atom stereocenters. The molecule has 92 valence electrons. The highest BCUT2D eigenvalue weighted by Gasteiger charge is 2.03. The number of hydrogen-bond acceptors (Lipinski definition) is 3. The lowest BCUT2D eigenvalue weighted by molar-refractivity contribution is 0.350. The maximum absolute atomic E-state index is 8.65. The van der Waals surface area contributed by atoms with E-state index in [0.717, 1.165) is 12.1 Å². The van der Waals surface area contributed by atoms with Gasteiger partial charge in [0, 0.05) is 28.6 Å². The predicted octanol–water partition coefficient (Wildman–Crippen LogP) is 2.73. The Bertz CT molecular complexity index is 551. The van der Waals surface area contributed by atoms with Crippen molar-refractivity contribution in [3.05, 3.63) is 52.2 Å². The van der Waals surface area contributed by atoms with Gasteiger partial charge < -0.3 is 10.0 Å². The van der Waals surface area contributed by atoms with Crippen LogP contribution in [0.2, 0.25) is 0 Å². The first kappa shape index (κ1) is 12.7. The van der Waals surface area contributed by atoms with Gasteiger partial charge in [-0.2, -0.15) is 0 Å². The monoisotopic (exact) mass is 257 g/mol. The van der Waals surface area contributed by atoms with Gasteiger partial charge in [-0.3, -0.25) is 0 Å². The van der Waals surface area contributed by atoms with Crippen LogP contribution >= 0.6 is 11.3 Å². The summed E-state index contributed by atoms with van der Waals surface area (Å²) in [7, 11) is 2.08. The first-order valence-electron chi connectivity index (χ1n) is 5.73. The Hall–Kier alpha value is -1.76. The first-order valence-corrected chi connectivity index (χ1v) is 6.61. The minimum absolute atomic E-state index is 0.0882. The van der Waals surface area contributed by atoms with Gasteiger partial charge in [-0.15, -0.1) is 11.3 Å². The average Bonchev–Trinajstić information content (AvgIpc) is 2.85. The molecule has 3 heteroatoms. The van der Waals surface area contributed by atoms with Gasteiger partial charge in [-0.05, 0) is 18.2 Å². The number of nitrogens with zero attached hydrogens (tertiary/aromatic N) is 1. The summed E-state index contributed by atoms with van der Waals surface area (Å²) in [4.78, 5) is 3.47. The van der Waals surface area contributed by atoms with E-state index in [2.05, 4.69) is 42.0 Å². The van der Waals surface area contributed by atoms with Crippen molar-refractivity contribution in [3.63, 3.8) is 0 Å². The summed E-state index contributed by atoms with van der Waals surface area (Å²) in [6.45, 7) is 0.782. The number of anilines is 1. The normalized spacial score (nSPS) is 9.67. The zero-order chi connectivity index (χ0) is 12.8. The minimum atomic E-state index is -0.0882. The molecule has 0 aliphatic heterocycles. The zero-order valence-electron chi connectivity index (χ0n) is 10.3. The summed E-state index contributed by atoms with van der Waals surface area (Å²) in [5, 5.41) is 10.7. The van der Waals surface area contributed by atoms with Crippen LogP contribution in [0.1, 0.15) is 10.4 Å². The Kier molecular flexibility index (Phi) is 4.40. The Morgan fingerprint density at radius 1 is 1.28 bits per heavy atom. The Balaban J connectivity index is 2.03. The highest BCUT2D eigenvalue weighted by molar-refractivity contribution is 7.10. The van der Waals surface area contributed by atoms with E-state index in [-0.39, 0.29) is 6.61 Å². The minimum Gasteiger partial charge on any atom is -0.384 e. The molecule has 2 aromatic rings. The topological polar surface area (TPSA) is 23.5 Å². The SMILES string of the molecule is CN(Cc1cc(C#CCO)cs1)c1ccccc1. The molecule has 0 spiro atoms. The number of hydrogen-bond donors (Lipinski definition) is 1. The van der Waals surface area contributed by atoms with Gasteiger partial charge in [0.15, 0.2) is 0 Å². The standard InChI is InChI=1S/C15H15NOS/c1-16(14-7-3-2-4-8-14)11-15-10-13(12-18-15)6-5-9-17/h2-4,7-8,10,12,17H,9,11H2,1H3. The summed E-state index contributed by atoms with van der Waals surface area (Å²) in [5.41, 5.74) is 2.18. The van der Waals surface area contributed by atoms with E-state index in [4.69, 9.17) is 5.11 Å². The lowest BCUT2D eigenvalue weighted by Gasteiger charge is -2.17. The van der Waals surface area contributed by atoms with Crippen LogP contribution in [-0.2, 0) is 6.54 Å². The van der Waals surface area contributed by atoms with Crippen molar-refractivity contribution in [2.45, 2.75) is 6.54 Å². The second-order valence-corrected chi connectivity index (χ2v) is 4.95. The van der Waals surface area contributed by atoms with Crippen molar-refractivity contribution in [1.29, 1.82) is 0 Å². The molecule has 0 amide bonds. The predicted molar refractivity (Wildman–Crippen MR) is 76.8 cm³/mol. The molecule has 0 aliphatic carbocycles. The lowest BCUT2D eigenvalue weighted by atomic mass is 10.2. The van der Waals surface area contributed by atoms with Gasteiger partial charge >= 0.3 is 0 Å². The quantitative estimate of drug-likeness (QED) is 0.855. The van der Waals surface area contributed by atoms with Gasteiger partial charge in [-0.25, -0.2) is 0 Å². The number of aliphatic hydroxyl groups excluding tert-OH is 1. The van der Waals surface area contributed by atoms with Crippen LogP contribution in [0.4, 0.5) is 5.69 Å². The van der Waals surface area contributed by atoms with E-state index in [0.29, 0.717) is 0 Å². The van der Waals surface area contributed by atoms with Crippen LogP contribution in [0.5, 0.6) is 0 Å². The highest BCUT2D eigenvalue weighted by atomic mass is 32.1. The summed E-state index contributed by atoms with van der Waals surface area (Å²) >= 11 is 1.70. The van der Waals surface area contributed by atoms with E-state index in [1.54, 1.807) is 11.3 Å². The summed E-state index contributed by atoms with van der Waals surface area (Å²) in [6.07, 6.45) is 0. The maximum Gasteiger partial charge on any atom is 0.104 e. The molecule has 0 saturated heterocycles. The fourth-order valence-corrected chi connectivity index (χ4v) is 2.55. The molecule has 1 heterocycles. The number of para-hydroxylation sites is 1. The lowest BCUT2D eigenvalue weighted by Crippen LogP contribution is -2.15.